The van der Waals surface area contributed by atoms with Crippen molar-refractivity contribution in [1.82, 2.24) is 0 Å². The van der Waals surface area contributed by atoms with Crippen molar-refractivity contribution in [2.45, 2.75) is 39.4 Å². The molecule has 3 N–H and O–H groups in total. The van der Waals surface area contributed by atoms with E-state index in [4.69, 9.17) is 5.73 Å². The van der Waals surface area contributed by atoms with Crippen LogP contribution in [0.2, 0.25) is 0 Å². The van der Waals surface area contributed by atoms with Gasteiger partial charge in [0.15, 0.2) is 0 Å². The molecule has 0 radical (unpaired) electrons. The summed E-state index contributed by atoms with van der Waals surface area (Å²) in [5, 5.41) is 2.46. The maximum atomic E-state index is 12.6. The molecule has 0 aliphatic heterocycles. The lowest BCUT2D eigenvalue weighted by atomic mass is 10.0. The molecule has 1 aromatic rings. The second kappa shape index (κ2) is 6.26. The molecule has 0 saturated carbocycles. The van der Waals surface area contributed by atoms with Gasteiger partial charge in [0.05, 0.1) is 11.6 Å². The molecule has 112 valence electrons. The number of hydrogen-bond donors (Lipinski definition) is 2. The minimum Gasteiger partial charge on any atom is -0.324 e. The van der Waals surface area contributed by atoms with Crippen molar-refractivity contribution in [1.29, 1.82) is 0 Å². The molecule has 0 aromatic heterocycles. The molecule has 0 aliphatic carbocycles. The highest BCUT2D eigenvalue weighted by atomic mass is 19.4. The summed E-state index contributed by atoms with van der Waals surface area (Å²) in [6.07, 6.45) is -3.96. The molecule has 0 heterocycles. The summed E-state index contributed by atoms with van der Waals surface area (Å²) < 4.78 is 37.9. The molecule has 1 rings (SSSR count). The Bertz CT molecular complexity index is 484. The average molecular weight is 288 g/mol. The lowest BCUT2D eigenvalue weighted by Gasteiger charge is -2.16. The van der Waals surface area contributed by atoms with Crippen LogP contribution in [0.3, 0.4) is 0 Å². The second-order valence-electron chi connectivity index (χ2n) is 5.25. The molecule has 20 heavy (non-hydrogen) atoms. The highest BCUT2D eigenvalue weighted by Gasteiger charge is 2.31. The Morgan fingerprint density at radius 2 is 1.95 bits per heavy atom. The van der Waals surface area contributed by atoms with Crippen LogP contribution in [-0.4, -0.2) is 11.9 Å². The van der Waals surface area contributed by atoms with Gasteiger partial charge in [-0.25, -0.2) is 0 Å². The van der Waals surface area contributed by atoms with Crippen LogP contribution in [0.25, 0.3) is 0 Å². The monoisotopic (exact) mass is 288 g/mol. The van der Waals surface area contributed by atoms with Gasteiger partial charge >= 0.3 is 6.18 Å². The first-order valence-corrected chi connectivity index (χ1v) is 6.35. The van der Waals surface area contributed by atoms with Crippen LogP contribution in [0.5, 0.6) is 0 Å². The van der Waals surface area contributed by atoms with Crippen molar-refractivity contribution in [3.8, 4) is 0 Å². The van der Waals surface area contributed by atoms with Crippen molar-refractivity contribution >= 4 is 11.6 Å². The number of benzene rings is 1. The number of rotatable bonds is 4. The van der Waals surface area contributed by atoms with Crippen LogP contribution in [0.4, 0.5) is 18.9 Å². The number of aryl methyl sites for hydroxylation is 1. The van der Waals surface area contributed by atoms with E-state index in [1.165, 1.54) is 6.07 Å². The van der Waals surface area contributed by atoms with E-state index >= 15 is 0 Å². The normalized spacial score (nSPS) is 13.4. The summed E-state index contributed by atoms with van der Waals surface area (Å²) in [6, 6.07) is 2.50. The number of alkyl halides is 3. The number of hydrogen-bond acceptors (Lipinski definition) is 2. The Morgan fingerprint density at radius 3 is 2.45 bits per heavy atom. The Hall–Kier alpha value is -1.56. The van der Waals surface area contributed by atoms with Crippen LogP contribution in [0, 0.1) is 12.8 Å². The molecule has 0 fully saturated rings. The summed E-state index contributed by atoms with van der Waals surface area (Å²) in [4.78, 5) is 11.8. The second-order valence-corrected chi connectivity index (χ2v) is 5.25. The molecule has 0 spiro atoms. The molecular formula is C14H19F3N2O. The Morgan fingerprint density at radius 1 is 1.35 bits per heavy atom. The van der Waals surface area contributed by atoms with Crippen LogP contribution < -0.4 is 11.1 Å². The number of amides is 1. The predicted octanol–water partition coefficient (Wildman–Crippen LogP) is 3.33. The van der Waals surface area contributed by atoms with Crippen molar-refractivity contribution in [3.05, 3.63) is 29.3 Å². The van der Waals surface area contributed by atoms with E-state index in [0.717, 1.165) is 12.1 Å². The van der Waals surface area contributed by atoms with Crippen LogP contribution >= 0.6 is 0 Å². The van der Waals surface area contributed by atoms with Gasteiger partial charge in [0.25, 0.3) is 0 Å². The fourth-order valence-corrected chi connectivity index (χ4v) is 1.77. The van der Waals surface area contributed by atoms with Gasteiger partial charge in [0.1, 0.15) is 0 Å². The third-order valence-electron chi connectivity index (χ3n) is 2.88. The first-order chi connectivity index (χ1) is 9.11. The largest absolute Gasteiger partial charge is 0.416 e. The maximum Gasteiger partial charge on any atom is 0.416 e. The van der Waals surface area contributed by atoms with Gasteiger partial charge in [0.2, 0.25) is 5.91 Å². The van der Waals surface area contributed by atoms with Crippen LogP contribution in [0.1, 0.15) is 31.4 Å². The Kier molecular flexibility index (Phi) is 5.16. The topological polar surface area (TPSA) is 55.1 Å². The summed E-state index contributed by atoms with van der Waals surface area (Å²) in [5.74, 6) is -0.237. The third-order valence-corrected chi connectivity index (χ3v) is 2.88. The molecule has 0 bridgehead atoms. The minimum absolute atomic E-state index is 0.143. The first-order valence-electron chi connectivity index (χ1n) is 6.35. The fourth-order valence-electron chi connectivity index (χ4n) is 1.77. The summed E-state index contributed by atoms with van der Waals surface area (Å²) in [6.45, 7) is 5.47. The van der Waals surface area contributed by atoms with Gasteiger partial charge in [0, 0.05) is 5.69 Å². The SMILES string of the molecule is Cc1ccc(C(F)(F)F)cc1NC(=O)[C@H](N)CC(C)C. The quantitative estimate of drug-likeness (QED) is 0.893. The van der Waals surface area contributed by atoms with E-state index in [9.17, 15) is 18.0 Å². The van der Waals surface area contributed by atoms with Crippen molar-refractivity contribution in [2.24, 2.45) is 11.7 Å². The van der Waals surface area contributed by atoms with E-state index in [1.807, 2.05) is 13.8 Å². The van der Waals surface area contributed by atoms with Gasteiger partial charge in [-0.05, 0) is 37.0 Å². The van der Waals surface area contributed by atoms with E-state index in [0.29, 0.717) is 12.0 Å². The highest BCUT2D eigenvalue weighted by molar-refractivity contribution is 5.95. The minimum atomic E-state index is -4.44. The van der Waals surface area contributed by atoms with E-state index in [2.05, 4.69) is 5.32 Å². The van der Waals surface area contributed by atoms with Gasteiger partial charge in [-0.1, -0.05) is 19.9 Å². The van der Waals surface area contributed by atoms with Gasteiger partial charge < -0.3 is 11.1 Å². The molecule has 0 saturated heterocycles. The third kappa shape index (κ3) is 4.52. The van der Waals surface area contributed by atoms with Crippen molar-refractivity contribution < 1.29 is 18.0 Å². The average Bonchev–Trinajstić information content (AvgIpc) is 2.29. The zero-order chi connectivity index (χ0) is 15.5. The fraction of sp³-hybridized carbons (Fsp3) is 0.500. The molecular weight excluding hydrogens is 269 g/mol. The lowest BCUT2D eigenvalue weighted by molar-refractivity contribution is -0.137. The highest BCUT2D eigenvalue weighted by Crippen LogP contribution is 2.32. The summed E-state index contributed by atoms with van der Waals surface area (Å²) in [7, 11) is 0. The van der Waals surface area contributed by atoms with E-state index in [1.54, 1.807) is 6.92 Å². The lowest BCUT2D eigenvalue weighted by Crippen LogP contribution is -2.36. The molecule has 1 atom stereocenters. The van der Waals surface area contributed by atoms with Gasteiger partial charge in [-0.2, -0.15) is 13.2 Å². The first kappa shape index (κ1) is 16.5. The summed E-state index contributed by atoms with van der Waals surface area (Å²) >= 11 is 0. The molecule has 0 unspecified atom stereocenters. The molecule has 0 aliphatic rings. The van der Waals surface area contributed by atoms with Gasteiger partial charge in [-0.15, -0.1) is 0 Å². The Balaban J connectivity index is 2.89. The van der Waals surface area contributed by atoms with Crippen LogP contribution in [0.15, 0.2) is 18.2 Å². The van der Waals surface area contributed by atoms with E-state index in [-0.39, 0.29) is 11.6 Å². The molecule has 3 nitrogen and oxygen atoms in total. The molecule has 1 aromatic carbocycles. The number of nitrogens with one attached hydrogen (secondary N) is 1. The summed E-state index contributed by atoms with van der Waals surface area (Å²) in [5.41, 5.74) is 5.61. The zero-order valence-electron chi connectivity index (χ0n) is 11.7. The molecule has 6 heteroatoms. The smallest absolute Gasteiger partial charge is 0.324 e. The maximum absolute atomic E-state index is 12.6. The predicted molar refractivity (Wildman–Crippen MR) is 72.2 cm³/mol. The number of halogens is 3. The zero-order valence-corrected chi connectivity index (χ0v) is 11.7. The van der Waals surface area contributed by atoms with Crippen LogP contribution in [-0.2, 0) is 11.0 Å². The standard InChI is InChI=1S/C14H19F3N2O/c1-8(2)6-11(18)13(20)19-12-7-10(14(15,16)17)5-4-9(12)3/h4-5,7-8,11H,6,18H2,1-3H3,(H,19,20)/t11-/m1/s1. The number of carbonyl (C=O) groups is 1. The van der Waals surface area contributed by atoms with E-state index < -0.39 is 23.7 Å². The number of nitrogens with two attached hydrogens (primary N) is 1. The van der Waals surface area contributed by atoms with Crippen molar-refractivity contribution in [3.63, 3.8) is 0 Å². The number of anilines is 1. The number of carbonyl (C=O) groups excluding carboxylic acids is 1. The van der Waals surface area contributed by atoms with Gasteiger partial charge in [-0.3, -0.25) is 4.79 Å². The molecule has 1 amide bonds. The Labute approximate surface area is 116 Å². The van der Waals surface area contributed by atoms with Crippen molar-refractivity contribution in [2.75, 3.05) is 5.32 Å².